The number of nitrogens with zero attached hydrogens (tertiary/aromatic N) is 2. The Kier molecular flexibility index (Phi) is 5.61. The number of ether oxygens (including phenoxy) is 2. The van der Waals surface area contributed by atoms with E-state index in [1.165, 1.54) is 29.4 Å². The number of hydrogen-bond acceptors (Lipinski definition) is 6. The number of anilines is 1. The van der Waals surface area contributed by atoms with Gasteiger partial charge in [-0.2, -0.15) is 0 Å². The molecule has 2 aromatic carbocycles. The second-order valence-electron chi connectivity index (χ2n) is 6.52. The van der Waals surface area contributed by atoms with Gasteiger partial charge in [-0.25, -0.2) is 9.78 Å². The van der Waals surface area contributed by atoms with Crippen molar-refractivity contribution in [3.8, 4) is 22.2 Å². The fourth-order valence-electron chi connectivity index (χ4n) is 3.10. The summed E-state index contributed by atoms with van der Waals surface area (Å²) < 4.78 is 11.3. The van der Waals surface area contributed by atoms with E-state index in [4.69, 9.17) is 21.1 Å². The van der Waals surface area contributed by atoms with Crippen molar-refractivity contribution in [1.82, 2.24) is 10.3 Å². The first-order valence-corrected chi connectivity index (χ1v) is 10.4. The van der Waals surface area contributed by atoms with Crippen molar-refractivity contribution in [2.75, 3.05) is 25.6 Å². The molecule has 0 radical (unpaired) electrons. The van der Waals surface area contributed by atoms with Gasteiger partial charge < -0.3 is 14.8 Å². The van der Waals surface area contributed by atoms with Gasteiger partial charge in [-0.15, -0.1) is 0 Å². The molecule has 1 aliphatic rings. The highest BCUT2D eigenvalue weighted by Gasteiger charge is 2.24. The summed E-state index contributed by atoms with van der Waals surface area (Å²) in [7, 11) is 3.08. The highest BCUT2D eigenvalue weighted by molar-refractivity contribution is 7.14. The Balaban J connectivity index is 1.55. The number of halogens is 1. The van der Waals surface area contributed by atoms with Gasteiger partial charge in [0.15, 0.2) is 0 Å². The maximum atomic E-state index is 12.7. The number of aromatic nitrogens is 1. The molecule has 4 rings (SSSR count). The zero-order valence-corrected chi connectivity index (χ0v) is 17.8. The van der Waals surface area contributed by atoms with Crippen LogP contribution in [0.3, 0.4) is 0 Å². The first-order valence-electron chi connectivity index (χ1n) is 9.17. The van der Waals surface area contributed by atoms with Gasteiger partial charge in [0.2, 0.25) is 0 Å². The second-order valence-corrected chi connectivity index (χ2v) is 7.97. The van der Waals surface area contributed by atoms with Crippen LogP contribution < -0.4 is 19.7 Å². The van der Waals surface area contributed by atoms with E-state index in [1.807, 2.05) is 24.3 Å². The minimum atomic E-state index is -0.627. The van der Waals surface area contributed by atoms with Crippen LogP contribution in [-0.4, -0.2) is 37.7 Å². The van der Waals surface area contributed by atoms with Crippen LogP contribution in [0, 0.1) is 0 Å². The lowest BCUT2D eigenvalue weighted by Crippen LogP contribution is -2.29. The SMILES string of the molecule is CNC(=O)c1ccc(N(C)C(=O)Oc2nc3c(s2)CCOc2ccccc2-3)c(Cl)c1. The van der Waals surface area contributed by atoms with Gasteiger partial charge in [-0.05, 0) is 30.3 Å². The molecular weight excluding hydrogens is 426 g/mol. The number of carbonyl (C=O) groups excluding carboxylic acids is 2. The van der Waals surface area contributed by atoms with E-state index >= 15 is 0 Å². The van der Waals surface area contributed by atoms with Crippen LogP contribution in [-0.2, 0) is 6.42 Å². The molecule has 0 aliphatic carbocycles. The molecule has 0 atom stereocenters. The average molecular weight is 444 g/mol. The van der Waals surface area contributed by atoms with Crippen LogP contribution in [0.2, 0.25) is 5.02 Å². The monoisotopic (exact) mass is 443 g/mol. The Labute approximate surface area is 182 Å². The smallest absolute Gasteiger partial charge is 0.421 e. The first-order chi connectivity index (χ1) is 14.5. The van der Waals surface area contributed by atoms with E-state index in [9.17, 15) is 9.59 Å². The number of hydrogen-bond donors (Lipinski definition) is 1. The number of para-hydroxylation sites is 1. The summed E-state index contributed by atoms with van der Waals surface area (Å²) in [5.74, 6) is 0.502. The molecule has 0 bridgehead atoms. The summed E-state index contributed by atoms with van der Waals surface area (Å²) in [6, 6.07) is 12.3. The van der Waals surface area contributed by atoms with Crippen LogP contribution in [0.15, 0.2) is 42.5 Å². The Hall–Kier alpha value is -3.10. The molecule has 154 valence electrons. The fraction of sp³-hybridized carbons (Fsp3) is 0.190. The van der Waals surface area contributed by atoms with Gasteiger partial charge in [0.25, 0.3) is 11.1 Å². The Bertz CT molecular complexity index is 1130. The van der Waals surface area contributed by atoms with Gasteiger partial charge in [0.1, 0.15) is 5.75 Å². The number of thiazole rings is 1. The van der Waals surface area contributed by atoms with Gasteiger partial charge in [0.05, 0.1) is 23.0 Å². The van der Waals surface area contributed by atoms with E-state index in [0.29, 0.717) is 24.3 Å². The number of benzene rings is 2. The summed E-state index contributed by atoms with van der Waals surface area (Å²) in [5.41, 5.74) is 2.47. The maximum absolute atomic E-state index is 12.7. The molecule has 3 aromatic rings. The van der Waals surface area contributed by atoms with Crippen molar-refractivity contribution in [2.45, 2.75) is 6.42 Å². The fourth-order valence-corrected chi connectivity index (χ4v) is 4.31. The normalized spacial score (nSPS) is 12.1. The van der Waals surface area contributed by atoms with Crippen LogP contribution in [0.5, 0.6) is 10.9 Å². The number of fused-ring (bicyclic) bond motifs is 3. The number of nitrogens with one attached hydrogen (secondary N) is 1. The van der Waals surface area contributed by atoms with Crippen molar-refractivity contribution >= 4 is 40.6 Å². The first kappa shape index (κ1) is 20.2. The molecule has 30 heavy (non-hydrogen) atoms. The largest absolute Gasteiger partial charge is 0.493 e. The number of amides is 2. The van der Waals surface area contributed by atoms with Crippen molar-refractivity contribution in [1.29, 1.82) is 0 Å². The Morgan fingerprint density at radius 2 is 2.07 bits per heavy atom. The Morgan fingerprint density at radius 1 is 1.27 bits per heavy atom. The summed E-state index contributed by atoms with van der Waals surface area (Å²) in [5, 5.41) is 3.05. The van der Waals surface area contributed by atoms with Crippen molar-refractivity contribution in [2.24, 2.45) is 0 Å². The maximum Gasteiger partial charge on any atom is 0.421 e. The highest BCUT2D eigenvalue weighted by Crippen LogP contribution is 2.39. The molecule has 1 N–H and O–H groups in total. The number of carbonyl (C=O) groups is 2. The molecule has 0 saturated carbocycles. The van der Waals surface area contributed by atoms with E-state index in [1.54, 1.807) is 19.2 Å². The molecule has 0 unspecified atom stereocenters. The van der Waals surface area contributed by atoms with E-state index in [-0.39, 0.29) is 16.1 Å². The molecule has 2 amide bonds. The zero-order valence-electron chi connectivity index (χ0n) is 16.3. The van der Waals surface area contributed by atoms with Crippen molar-refractivity contribution in [3.63, 3.8) is 0 Å². The zero-order chi connectivity index (χ0) is 21.3. The minimum Gasteiger partial charge on any atom is -0.493 e. The van der Waals surface area contributed by atoms with Crippen LogP contribution in [0.1, 0.15) is 15.2 Å². The van der Waals surface area contributed by atoms with Crippen molar-refractivity contribution in [3.05, 3.63) is 57.9 Å². The molecule has 7 nitrogen and oxygen atoms in total. The molecule has 0 fully saturated rings. The van der Waals surface area contributed by atoms with Crippen LogP contribution >= 0.6 is 22.9 Å². The van der Waals surface area contributed by atoms with E-state index in [2.05, 4.69) is 10.3 Å². The Morgan fingerprint density at radius 3 is 2.83 bits per heavy atom. The van der Waals surface area contributed by atoms with E-state index in [0.717, 1.165) is 21.9 Å². The molecule has 9 heteroatoms. The molecule has 0 spiro atoms. The quantitative estimate of drug-likeness (QED) is 0.649. The van der Waals surface area contributed by atoms with E-state index < -0.39 is 6.09 Å². The molecule has 1 aliphatic heterocycles. The van der Waals surface area contributed by atoms with Crippen LogP contribution in [0.4, 0.5) is 10.5 Å². The van der Waals surface area contributed by atoms with Crippen molar-refractivity contribution < 1.29 is 19.1 Å². The average Bonchev–Trinajstić information content (AvgIpc) is 3.06. The van der Waals surface area contributed by atoms with Gasteiger partial charge in [-0.1, -0.05) is 35.1 Å². The molecular formula is C21H18ClN3O4S. The third kappa shape index (κ3) is 3.83. The second kappa shape index (κ2) is 8.33. The predicted octanol–water partition coefficient (Wildman–Crippen LogP) is 4.39. The summed E-state index contributed by atoms with van der Waals surface area (Å²) in [6.45, 7) is 0.535. The lowest BCUT2D eigenvalue weighted by Gasteiger charge is -2.17. The number of rotatable bonds is 3. The standard InChI is InChI=1S/C21H18ClN3O4S/c1-23-19(26)12-7-8-15(14(22)11-12)25(2)21(27)29-20-24-18-13-5-3-4-6-16(13)28-10-9-17(18)30-20/h3-8,11H,9-10H2,1-2H3,(H,23,26). The topological polar surface area (TPSA) is 80.8 Å². The molecule has 0 saturated heterocycles. The third-order valence-electron chi connectivity index (χ3n) is 4.65. The molecule has 1 aromatic heterocycles. The molecule has 2 heterocycles. The minimum absolute atomic E-state index is 0.256. The summed E-state index contributed by atoms with van der Waals surface area (Å²) in [4.78, 5) is 31.2. The third-order valence-corrected chi connectivity index (χ3v) is 5.95. The van der Waals surface area contributed by atoms with Gasteiger partial charge >= 0.3 is 6.09 Å². The highest BCUT2D eigenvalue weighted by atomic mass is 35.5. The van der Waals surface area contributed by atoms with Gasteiger partial charge in [-0.3, -0.25) is 9.69 Å². The summed E-state index contributed by atoms with van der Waals surface area (Å²) in [6.07, 6.45) is 0.0556. The summed E-state index contributed by atoms with van der Waals surface area (Å²) >= 11 is 7.59. The lowest BCUT2D eigenvalue weighted by atomic mass is 10.1. The lowest BCUT2D eigenvalue weighted by molar-refractivity contribution is 0.0963. The predicted molar refractivity (Wildman–Crippen MR) is 116 cm³/mol. The van der Waals surface area contributed by atoms with Crippen LogP contribution in [0.25, 0.3) is 11.3 Å². The van der Waals surface area contributed by atoms with Gasteiger partial charge in [0, 0.05) is 36.5 Å².